The number of aliphatic hydroxyl groups is 2. The van der Waals surface area contributed by atoms with Crippen LogP contribution in [0.15, 0.2) is 12.7 Å². The van der Waals surface area contributed by atoms with E-state index in [1.54, 1.807) is 0 Å². The highest BCUT2D eigenvalue weighted by Gasteiger charge is 2.44. The van der Waals surface area contributed by atoms with Gasteiger partial charge in [-0.15, -0.1) is 0 Å². The molecule has 1 saturated heterocycles. The van der Waals surface area contributed by atoms with E-state index in [4.69, 9.17) is 17.9 Å². The molecule has 5 atom stereocenters. The van der Waals surface area contributed by atoms with Crippen molar-refractivity contribution in [3.05, 3.63) is 12.7 Å². The van der Waals surface area contributed by atoms with Crippen LogP contribution in [-0.2, 0) is 9.47 Å². The van der Waals surface area contributed by atoms with Gasteiger partial charge >= 0.3 is 0 Å². The normalized spacial score (nSPS) is 33.1. The Morgan fingerprint density at radius 2 is 2.40 bits per heavy atom. The van der Waals surface area contributed by atoms with Crippen LogP contribution in [0.25, 0.3) is 11.2 Å². The molecule has 9 nitrogen and oxygen atoms in total. The van der Waals surface area contributed by atoms with Gasteiger partial charge in [-0.25, -0.2) is 15.0 Å². The first-order valence-electron chi connectivity index (χ1n) is 7.05. The molecule has 0 amide bonds. The number of aromatic nitrogens is 4. The second-order valence-corrected chi connectivity index (χ2v) is 4.46. The molecule has 0 spiro atoms. The number of imidazole rings is 1. The van der Waals surface area contributed by atoms with E-state index in [2.05, 4.69) is 15.0 Å². The first kappa shape index (κ1) is 10.9. The van der Waals surface area contributed by atoms with Crippen LogP contribution in [0.2, 0.25) is 0 Å². The highest BCUT2D eigenvalue weighted by Crippen LogP contribution is 2.31. The Morgan fingerprint density at radius 3 is 3.20 bits per heavy atom. The first-order valence-corrected chi connectivity index (χ1v) is 5.89. The molecule has 1 aliphatic heterocycles. The van der Waals surface area contributed by atoms with Crippen molar-refractivity contribution >= 4 is 17.0 Å². The van der Waals surface area contributed by atoms with Crippen LogP contribution >= 0.6 is 0 Å². The summed E-state index contributed by atoms with van der Waals surface area (Å²) in [4.78, 5) is 11.9. The zero-order valence-electron chi connectivity index (χ0n) is 12.3. The molecule has 2 aromatic heterocycles. The second-order valence-electron chi connectivity index (χ2n) is 4.46. The van der Waals surface area contributed by atoms with Crippen LogP contribution in [0.1, 0.15) is 8.97 Å². The summed E-state index contributed by atoms with van der Waals surface area (Å²) < 4.78 is 25.7. The fourth-order valence-electron chi connectivity index (χ4n) is 2.25. The van der Waals surface area contributed by atoms with Gasteiger partial charge in [0.2, 0.25) is 0 Å². The standard InChI is InChI=1S/C11H15N5O4/c1-19-2-5-7(17)8(18)11(20-5)16-4-15-6-9(12)13-3-14-10(6)16/h3-5,7-8,11,17-18H,2H2,1H3,(H2,12,13,14)/t5-,7-,8-,11-/m1/s1/i1TD/t1?,5-,7-,8-,11-. The molecule has 3 heterocycles. The minimum absolute atomic E-state index is 0.184. The van der Waals surface area contributed by atoms with Gasteiger partial charge in [0.25, 0.3) is 0 Å². The van der Waals surface area contributed by atoms with Crippen LogP contribution in [-0.4, -0.2) is 61.7 Å². The Balaban J connectivity index is 1.86. The fraction of sp³-hybridized carbons (Fsp3) is 0.545. The van der Waals surface area contributed by atoms with Crippen LogP contribution in [0.3, 0.4) is 0 Å². The van der Waals surface area contributed by atoms with Crippen molar-refractivity contribution in [1.29, 1.82) is 0 Å². The second kappa shape index (κ2) is 4.94. The molecule has 0 aliphatic carbocycles. The number of anilines is 1. The minimum atomic E-state index is -1.49. The van der Waals surface area contributed by atoms with Crippen molar-refractivity contribution < 1.29 is 22.4 Å². The highest BCUT2D eigenvalue weighted by atomic mass is 16.6. The third-order valence-electron chi connectivity index (χ3n) is 3.26. The molecule has 9 heteroatoms. The van der Waals surface area contributed by atoms with Gasteiger partial charge in [0.1, 0.15) is 30.2 Å². The van der Waals surface area contributed by atoms with Crippen LogP contribution in [0.5, 0.6) is 0 Å². The quantitative estimate of drug-likeness (QED) is 0.632. The van der Waals surface area contributed by atoms with Crippen molar-refractivity contribution in [2.45, 2.75) is 24.5 Å². The summed E-state index contributed by atoms with van der Waals surface area (Å²) in [7, 11) is -1.49. The number of nitrogens with zero attached hydrogens (tertiary/aromatic N) is 4. The highest BCUT2D eigenvalue weighted by molar-refractivity contribution is 5.81. The number of hydrogen-bond donors (Lipinski definition) is 3. The van der Waals surface area contributed by atoms with Gasteiger partial charge in [-0.05, 0) is 0 Å². The molecule has 20 heavy (non-hydrogen) atoms. The maximum absolute atomic E-state index is 10.1. The third kappa shape index (κ3) is 1.91. The lowest BCUT2D eigenvalue weighted by Crippen LogP contribution is -2.33. The first-order chi connectivity index (χ1) is 10.5. The molecule has 4 N–H and O–H groups in total. The van der Waals surface area contributed by atoms with Gasteiger partial charge in [0.15, 0.2) is 17.7 Å². The average Bonchev–Trinajstić information content (AvgIpc) is 3.01. The molecule has 2 aromatic rings. The van der Waals surface area contributed by atoms with Crippen molar-refractivity contribution in [2.75, 3.05) is 19.4 Å². The number of methoxy groups -OCH3 is 1. The van der Waals surface area contributed by atoms with E-state index in [0.717, 1.165) is 0 Å². The Morgan fingerprint density at radius 1 is 1.55 bits per heavy atom. The van der Waals surface area contributed by atoms with E-state index in [9.17, 15) is 10.2 Å². The fourth-order valence-corrected chi connectivity index (χ4v) is 2.25. The van der Waals surface area contributed by atoms with Crippen molar-refractivity contribution in [3.63, 3.8) is 0 Å². The lowest BCUT2D eigenvalue weighted by atomic mass is 10.1. The van der Waals surface area contributed by atoms with Gasteiger partial charge in [-0.1, -0.05) is 0 Å². The summed E-state index contributed by atoms with van der Waals surface area (Å²) in [6.45, 7) is -0.184. The van der Waals surface area contributed by atoms with Gasteiger partial charge in [-0.3, -0.25) is 4.57 Å². The largest absolute Gasteiger partial charge is 0.387 e. The van der Waals surface area contributed by atoms with Crippen molar-refractivity contribution in [2.24, 2.45) is 0 Å². The maximum atomic E-state index is 10.1. The van der Waals surface area contributed by atoms with Gasteiger partial charge in [0, 0.05) is 7.06 Å². The summed E-state index contributed by atoms with van der Waals surface area (Å²) >= 11 is 0. The molecule has 3 rings (SSSR count). The number of aliphatic hydroxyl groups excluding tert-OH is 2. The molecule has 0 saturated carbocycles. The van der Waals surface area contributed by atoms with E-state index < -0.39 is 31.6 Å². The van der Waals surface area contributed by atoms with Crippen LogP contribution < -0.4 is 5.73 Å². The monoisotopic (exact) mass is 284 g/mol. The lowest BCUT2D eigenvalue weighted by molar-refractivity contribution is -0.0580. The summed E-state index contributed by atoms with van der Waals surface area (Å²) in [6, 6.07) is 0. The molecule has 1 unspecified atom stereocenters. The lowest BCUT2D eigenvalue weighted by Gasteiger charge is -2.16. The molecule has 0 radical (unpaired) electrons. The number of hydrogen-bond acceptors (Lipinski definition) is 8. The Hall–Kier alpha value is -1.81. The number of nitrogen functional groups attached to an aromatic ring is 1. The van der Waals surface area contributed by atoms with Crippen molar-refractivity contribution in [3.8, 4) is 0 Å². The molecule has 1 fully saturated rings. The van der Waals surface area contributed by atoms with Gasteiger partial charge in [0.05, 0.1) is 15.7 Å². The topological polar surface area (TPSA) is 129 Å². The van der Waals surface area contributed by atoms with E-state index >= 15 is 0 Å². The summed E-state index contributed by atoms with van der Waals surface area (Å²) in [6.07, 6.45) is -1.61. The Bertz CT molecular complexity index is 669. The zero-order chi connectivity index (χ0) is 15.9. The molecular formula is C11H15N5O4. The number of nitrogens with two attached hydrogens (primary N) is 1. The molecule has 0 aromatic carbocycles. The van der Waals surface area contributed by atoms with E-state index in [1.807, 2.05) is 0 Å². The summed E-state index contributed by atoms with van der Waals surface area (Å²) in [5.41, 5.74) is 6.43. The predicted molar refractivity (Wildman–Crippen MR) is 67.5 cm³/mol. The number of rotatable bonds is 3. The van der Waals surface area contributed by atoms with Crippen LogP contribution in [0, 0.1) is 0 Å². The third-order valence-corrected chi connectivity index (χ3v) is 3.26. The average molecular weight is 284 g/mol. The van der Waals surface area contributed by atoms with Crippen molar-refractivity contribution in [1.82, 2.24) is 19.5 Å². The van der Waals surface area contributed by atoms with E-state index in [-0.39, 0.29) is 12.4 Å². The van der Waals surface area contributed by atoms with E-state index in [1.165, 1.54) is 17.2 Å². The summed E-state index contributed by atoms with van der Waals surface area (Å²) in [5.74, 6) is 0.197. The van der Waals surface area contributed by atoms with Gasteiger partial charge < -0.3 is 25.4 Å². The molecule has 108 valence electrons. The maximum Gasteiger partial charge on any atom is 0.167 e. The Kier molecular flexibility index (Phi) is 2.70. The number of fused-ring (bicyclic) bond motifs is 1. The minimum Gasteiger partial charge on any atom is -0.387 e. The molecule has 0 bridgehead atoms. The van der Waals surface area contributed by atoms with Crippen LogP contribution in [0.4, 0.5) is 5.82 Å². The molecule has 1 aliphatic rings. The van der Waals surface area contributed by atoms with Gasteiger partial charge in [-0.2, -0.15) is 0 Å². The summed E-state index contributed by atoms with van der Waals surface area (Å²) in [5, 5.41) is 20.1. The smallest absolute Gasteiger partial charge is 0.167 e. The zero-order valence-corrected chi connectivity index (χ0v) is 10.3. The molecular weight excluding hydrogens is 266 g/mol. The number of ether oxygens (including phenoxy) is 2. The predicted octanol–water partition coefficient (Wildman–Crippen LogP) is -1.33. The Labute approximate surface area is 116 Å². The van der Waals surface area contributed by atoms with E-state index in [0.29, 0.717) is 11.2 Å². The SMILES string of the molecule is [2H]C([3H])OC[C@H]1O[C@@H](n2cnc3c(N)ncnc32)[C@H](O)[C@@H]1O.